The fourth-order valence-corrected chi connectivity index (χ4v) is 1.35. The lowest BCUT2D eigenvalue weighted by molar-refractivity contribution is 0.00650. The van der Waals surface area contributed by atoms with Crippen LogP contribution in [-0.2, 0) is 4.74 Å². The van der Waals surface area contributed by atoms with E-state index in [0.29, 0.717) is 0 Å². The first kappa shape index (κ1) is 14.9. The third-order valence-corrected chi connectivity index (χ3v) is 2.07. The van der Waals surface area contributed by atoms with Crippen molar-refractivity contribution >= 4 is 17.6 Å². The Hall–Kier alpha value is -2.18. The quantitative estimate of drug-likeness (QED) is 0.637. The number of rotatable bonds is 2. The molecule has 5 nitrogen and oxygen atoms in total. The number of ether oxygens (including phenoxy) is 1. The molecular weight excluding hydrogens is 260 g/mol. The van der Waals surface area contributed by atoms with Crippen molar-refractivity contribution in [3.8, 4) is 0 Å². The first-order valence-corrected chi connectivity index (χ1v) is 5.28. The van der Waals surface area contributed by atoms with Crippen LogP contribution in [0.25, 0.3) is 0 Å². The minimum Gasteiger partial charge on any atom is -0.478 e. The topological polar surface area (TPSA) is 89.6 Å². The van der Waals surface area contributed by atoms with Gasteiger partial charge in [-0.2, -0.15) is 0 Å². The van der Waals surface area contributed by atoms with Crippen LogP contribution in [0.3, 0.4) is 0 Å². The number of nitrogens with two attached hydrogens (primary N) is 1. The summed E-state index contributed by atoms with van der Waals surface area (Å²) in [5, 5.41) is 8.85. The maximum absolute atomic E-state index is 13.5. The Bertz CT molecular complexity index is 550. The van der Waals surface area contributed by atoms with Crippen molar-refractivity contribution in [3.05, 3.63) is 28.8 Å². The summed E-state index contributed by atoms with van der Waals surface area (Å²) >= 11 is 0. The second-order valence-electron chi connectivity index (χ2n) is 4.82. The number of nitrogen functional groups attached to an aromatic ring is 1. The van der Waals surface area contributed by atoms with Gasteiger partial charge >= 0.3 is 11.9 Å². The number of aromatic carboxylic acids is 1. The van der Waals surface area contributed by atoms with E-state index in [-0.39, 0.29) is 0 Å². The molecule has 7 heteroatoms. The molecular formula is C12H13F2NO4. The molecule has 0 aliphatic carbocycles. The average molecular weight is 273 g/mol. The largest absolute Gasteiger partial charge is 0.478 e. The summed E-state index contributed by atoms with van der Waals surface area (Å²) in [7, 11) is 0. The molecule has 1 aromatic carbocycles. The summed E-state index contributed by atoms with van der Waals surface area (Å²) in [6, 6.07) is 0.746. The van der Waals surface area contributed by atoms with Crippen molar-refractivity contribution in [2.75, 3.05) is 5.73 Å². The molecule has 0 heterocycles. The fourth-order valence-electron chi connectivity index (χ4n) is 1.35. The highest BCUT2D eigenvalue weighted by molar-refractivity contribution is 6.03. The third kappa shape index (κ3) is 3.18. The Labute approximate surface area is 108 Å². The molecule has 0 aliphatic rings. The first-order chi connectivity index (χ1) is 8.54. The number of anilines is 1. The van der Waals surface area contributed by atoms with Crippen LogP contribution in [0.1, 0.15) is 41.5 Å². The molecule has 0 unspecified atom stereocenters. The Balaban J connectivity index is 3.43. The monoisotopic (exact) mass is 273 g/mol. The Morgan fingerprint density at radius 1 is 1.26 bits per heavy atom. The maximum atomic E-state index is 13.5. The average Bonchev–Trinajstić information content (AvgIpc) is 2.22. The highest BCUT2D eigenvalue weighted by Crippen LogP contribution is 2.24. The van der Waals surface area contributed by atoms with Gasteiger partial charge in [-0.1, -0.05) is 0 Å². The molecule has 0 radical (unpaired) electrons. The predicted molar refractivity (Wildman–Crippen MR) is 62.9 cm³/mol. The molecule has 0 aliphatic heterocycles. The van der Waals surface area contributed by atoms with Crippen LogP contribution in [-0.4, -0.2) is 22.6 Å². The van der Waals surface area contributed by atoms with E-state index in [2.05, 4.69) is 0 Å². The number of hydrogen-bond donors (Lipinski definition) is 2. The van der Waals surface area contributed by atoms with E-state index in [9.17, 15) is 18.4 Å². The summed E-state index contributed by atoms with van der Waals surface area (Å²) in [5.74, 6) is -6.06. The van der Waals surface area contributed by atoms with Crippen molar-refractivity contribution in [2.45, 2.75) is 26.4 Å². The van der Waals surface area contributed by atoms with Crippen molar-refractivity contribution in [1.29, 1.82) is 0 Å². The van der Waals surface area contributed by atoms with Crippen molar-refractivity contribution in [2.24, 2.45) is 0 Å². The molecule has 0 atom stereocenters. The number of benzene rings is 1. The van der Waals surface area contributed by atoms with E-state index in [1.165, 1.54) is 0 Å². The smallest absolute Gasteiger partial charge is 0.339 e. The molecule has 0 fully saturated rings. The van der Waals surface area contributed by atoms with E-state index in [0.717, 1.165) is 6.07 Å². The minimum atomic E-state index is -1.78. The molecule has 0 bridgehead atoms. The summed E-state index contributed by atoms with van der Waals surface area (Å²) in [6.07, 6.45) is 0. The fraction of sp³-hybridized carbons (Fsp3) is 0.333. The predicted octanol–water partition coefficient (Wildman–Crippen LogP) is 2.20. The molecule has 19 heavy (non-hydrogen) atoms. The van der Waals surface area contributed by atoms with E-state index in [1.807, 2.05) is 0 Å². The molecule has 3 N–H and O–H groups in total. The lowest BCUT2D eigenvalue weighted by Gasteiger charge is -2.20. The second-order valence-corrected chi connectivity index (χ2v) is 4.82. The second kappa shape index (κ2) is 4.83. The molecule has 0 aromatic heterocycles. The molecule has 0 saturated heterocycles. The molecule has 1 rings (SSSR count). The minimum absolute atomic E-state index is 0.626. The van der Waals surface area contributed by atoms with Gasteiger partial charge in [0.1, 0.15) is 11.2 Å². The van der Waals surface area contributed by atoms with Gasteiger partial charge < -0.3 is 15.6 Å². The number of carboxylic acids is 1. The standard InChI is InChI=1S/C12H13F2NO4/c1-12(2,3)19-11(18)5-4-6(15)8(13)9(14)7(5)10(16)17/h4H,15H2,1-3H3,(H,16,17). The highest BCUT2D eigenvalue weighted by atomic mass is 19.2. The lowest BCUT2D eigenvalue weighted by Crippen LogP contribution is -2.26. The summed E-state index contributed by atoms with van der Waals surface area (Å²) < 4.78 is 31.7. The van der Waals surface area contributed by atoms with Gasteiger partial charge in [-0.25, -0.2) is 18.4 Å². The van der Waals surface area contributed by atoms with Crippen LogP contribution in [0.5, 0.6) is 0 Å². The number of hydrogen-bond acceptors (Lipinski definition) is 4. The number of carboxylic acid groups (broad SMARTS) is 1. The molecule has 0 saturated carbocycles. The van der Waals surface area contributed by atoms with Crippen LogP contribution in [0.2, 0.25) is 0 Å². The normalized spacial score (nSPS) is 11.2. The Morgan fingerprint density at radius 3 is 2.21 bits per heavy atom. The van der Waals surface area contributed by atoms with Crippen LogP contribution in [0, 0.1) is 11.6 Å². The zero-order valence-electron chi connectivity index (χ0n) is 10.6. The molecule has 0 spiro atoms. The van der Waals surface area contributed by atoms with E-state index >= 15 is 0 Å². The maximum Gasteiger partial charge on any atom is 0.339 e. The van der Waals surface area contributed by atoms with Crippen LogP contribution < -0.4 is 5.73 Å². The number of carbonyl (C=O) groups is 2. The van der Waals surface area contributed by atoms with Gasteiger partial charge in [-0.05, 0) is 26.8 Å². The highest BCUT2D eigenvalue weighted by Gasteiger charge is 2.29. The number of carbonyl (C=O) groups excluding carboxylic acids is 1. The van der Waals surface area contributed by atoms with Crippen LogP contribution in [0.15, 0.2) is 6.07 Å². The van der Waals surface area contributed by atoms with Gasteiger partial charge in [-0.15, -0.1) is 0 Å². The van der Waals surface area contributed by atoms with Gasteiger partial charge in [0.25, 0.3) is 0 Å². The van der Waals surface area contributed by atoms with Gasteiger partial charge in [0, 0.05) is 0 Å². The number of esters is 1. The van der Waals surface area contributed by atoms with Gasteiger partial charge in [0.15, 0.2) is 11.6 Å². The van der Waals surface area contributed by atoms with E-state index in [4.69, 9.17) is 15.6 Å². The van der Waals surface area contributed by atoms with Gasteiger partial charge in [0.2, 0.25) is 0 Å². The van der Waals surface area contributed by atoms with E-state index < -0.39 is 46.0 Å². The number of halogens is 2. The van der Waals surface area contributed by atoms with Crippen molar-refractivity contribution < 1.29 is 28.2 Å². The zero-order valence-corrected chi connectivity index (χ0v) is 10.6. The van der Waals surface area contributed by atoms with Gasteiger partial charge in [0.05, 0.1) is 11.3 Å². The first-order valence-electron chi connectivity index (χ1n) is 5.28. The molecule has 104 valence electrons. The van der Waals surface area contributed by atoms with Crippen molar-refractivity contribution in [1.82, 2.24) is 0 Å². The molecule has 1 aromatic rings. The van der Waals surface area contributed by atoms with Crippen molar-refractivity contribution in [3.63, 3.8) is 0 Å². The zero-order chi connectivity index (χ0) is 15.0. The van der Waals surface area contributed by atoms with E-state index in [1.54, 1.807) is 20.8 Å². The molecule has 0 amide bonds. The summed E-state index contributed by atoms with van der Waals surface area (Å²) in [6.45, 7) is 4.65. The SMILES string of the molecule is CC(C)(C)OC(=O)c1cc(N)c(F)c(F)c1C(=O)O. The summed E-state index contributed by atoms with van der Waals surface area (Å²) in [4.78, 5) is 22.7. The third-order valence-electron chi connectivity index (χ3n) is 2.07. The summed E-state index contributed by atoms with van der Waals surface area (Å²) in [5.41, 5.74) is 1.88. The lowest BCUT2D eigenvalue weighted by atomic mass is 10.0. The van der Waals surface area contributed by atoms with Gasteiger partial charge in [-0.3, -0.25) is 0 Å². The van der Waals surface area contributed by atoms with Crippen LogP contribution >= 0.6 is 0 Å². The van der Waals surface area contributed by atoms with Crippen LogP contribution in [0.4, 0.5) is 14.5 Å². The Morgan fingerprint density at radius 2 is 1.79 bits per heavy atom. The Kier molecular flexibility index (Phi) is 3.78.